The van der Waals surface area contributed by atoms with Crippen molar-refractivity contribution in [3.05, 3.63) is 0 Å². The number of hydrogen-bond donors (Lipinski definition) is 0. The van der Waals surface area contributed by atoms with Crippen molar-refractivity contribution >= 4 is 0 Å². The molecule has 4 fully saturated rings. The van der Waals surface area contributed by atoms with Crippen LogP contribution in [0, 0.1) is 5.41 Å². The van der Waals surface area contributed by atoms with Crippen LogP contribution in [0.1, 0.15) is 52.9 Å². The van der Waals surface area contributed by atoms with Crippen molar-refractivity contribution in [2.45, 2.75) is 76.2 Å². The molecule has 17 heavy (non-hydrogen) atoms. The molecule has 4 rings (SSSR count). The fourth-order valence-electron chi connectivity index (χ4n) is 4.04. The van der Waals surface area contributed by atoms with Gasteiger partial charge in [-0.1, -0.05) is 0 Å². The van der Waals surface area contributed by atoms with E-state index in [2.05, 4.69) is 25.8 Å². The van der Waals surface area contributed by atoms with E-state index in [1.165, 1.54) is 25.7 Å². The lowest BCUT2D eigenvalue weighted by Crippen LogP contribution is -2.35. The Balaban J connectivity index is 1.48. The highest BCUT2D eigenvalue weighted by Gasteiger charge is 2.79. The molecule has 2 saturated heterocycles. The van der Waals surface area contributed by atoms with Gasteiger partial charge in [0.15, 0.2) is 0 Å². The van der Waals surface area contributed by atoms with Gasteiger partial charge in [-0.05, 0) is 52.9 Å². The molecule has 2 saturated carbocycles. The summed E-state index contributed by atoms with van der Waals surface area (Å²) in [5.41, 5.74) is 0.832. The van der Waals surface area contributed by atoms with E-state index < -0.39 is 0 Å². The van der Waals surface area contributed by atoms with Gasteiger partial charge in [-0.15, -0.1) is 0 Å². The average Bonchev–Trinajstić information content (AvgIpc) is 2.99. The van der Waals surface area contributed by atoms with Crippen molar-refractivity contribution in [2.75, 3.05) is 6.54 Å². The second-order valence-corrected chi connectivity index (χ2v) is 7.51. The van der Waals surface area contributed by atoms with Crippen molar-refractivity contribution < 1.29 is 9.57 Å². The van der Waals surface area contributed by atoms with E-state index in [4.69, 9.17) is 9.57 Å². The molecule has 3 atom stereocenters. The van der Waals surface area contributed by atoms with E-state index in [9.17, 15) is 0 Å². The molecule has 3 nitrogen and oxygen atoms in total. The maximum atomic E-state index is 6.26. The predicted octanol–water partition coefficient (Wildman–Crippen LogP) is 2.50. The van der Waals surface area contributed by atoms with Crippen molar-refractivity contribution in [3.63, 3.8) is 0 Å². The van der Waals surface area contributed by atoms with Crippen molar-refractivity contribution in [2.24, 2.45) is 5.41 Å². The van der Waals surface area contributed by atoms with Gasteiger partial charge in [0.25, 0.3) is 0 Å². The fourth-order valence-corrected chi connectivity index (χ4v) is 4.04. The number of fused-ring (bicyclic) bond motifs is 2. The van der Waals surface area contributed by atoms with Crippen LogP contribution in [0.3, 0.4) is 0 Å². The molecule has 0 amide bonds. The number of ether oxygens (including phenoxy) is 1. The summed E-state index contributed by atoms with van der Waals surface area (Å²) in [6.07, 6.45) is 6.84. The summed E-state index contributed by atoms with van der Waals surface area (Å²) in [5, 5.41) is 2.24. The highest BCUT2D eigenvalue weighted by atomic mass is 16.7. The zero-order chi connectivity index (χ0) is 11.9. The molecule has 0 radical (unpaired) electrons. The molecule has 2 spiro atoms. The van der Waals surface area contributed by atoms with Gasteiger partial charge in [0.1, 0.15) is 0 Å². The molecular formula is C14H23NO2. The minimum atomic E-state index is -0.0305. The molecule has 1 unspecified atom stereocenters. The first kappa shape index (κ1) is 10.8. The third-order valence-electron chi connectivity index (χ3n) is 5.09. The van der Waals surface area contributed by atoms with Crippen molar-refractivity contribution in [1.82, 2.24) is 5.06 Å². The minimum Gasteiger partial charge on any atom is -0.371 e. The van der Waals surface area contributed by atoms with Crippen LogP contribution >= 0.6 is 0 Å². The quantitative estimate of drug-likeness (QED) is 0.699. The molecule has 0 aromatic heterocycles. The smallest absolute Gasteiger partial charge is 0.0979 e. The van der Waals surface area contributed by atoms with Crippen LogP contribution in [0.5, 0.6) is 0 Å². The number of hydroxylamine groups is 2. The monoisotopic (exact) mass is 237 g/mol. The van der Waals surface area contributed by atoms with E-state index in [1.54, 1.807) is 0 Å². The molecule has 0 bridgehead atoms. The van der Waals surface area contributed by atoms with E-state index in [-0.39, 0.29) is 11.2 Å². The lowest BCUT2D eigenvalue weighted by Gasteiger charge is -2.27. The first-order valence-corrected chi connectivity index (χ1v) is 7.07. The molecule has 0 N–H and O–H groups in total. The first-order chi connectivity index (χ1) is 7.93. The molecule has 0 aromatic carbocycles. The number of hydrogen-bond acceptors (Lipinski definition) is 3. The summed E-state index contributed by atoms with van der Waals surface area (Å²) in [4.78, 5) is 6.26. The molecule has 3 heteroatoms. The fraction of sp³-hybridized carbons (Fsp3) is 1.00. The lowest BCUT2D eigenvalue weighted by atomic mass is 10.0. The molecule has 96 valence electrons. The molecule has 0 aromatic rings. The van der Waals surface area contributed by atoms with E-state index >= 15 is 0 Å². The summed E-state index contributed by atoms with van der Waals surface area (Å²) in [6.45, 7) is 7.52. The maximum absolute atomic E-state index is 6.26. The van der Waals surface area contributed by atoms with Gasteiger partial charge in [0.2, 0.25) is 0 Å². The standard InChI is InChI=1S/C14H23NO2/c1-12(2,3)16-11-4-7-15-10(11)8-14(17-15)9-13(14)5-6-13/h10-11H,4-9H2,1-3H3/t10-,11+,14?/m1/s1. The summed E-state index contributed by atoms with van der Waals surface area (Å²) in [6, 6.07) is 0.522. The highest BCUT2D eigenvalue weighted by Crippen LogP contribution is 2.78. The molecular weight excluding hydrogens is 214 g/mol. The lowest BCUT2D eigenvalue weighted by molar-refractivity contribution is -0.172. The largest absolute Gasteiger partial charge is 0.371 e. The van der Waals surface area contributed by atoms with Gasteiger partial charge >= 0.3 is 0 Å². The maximum Gasteiger partial charge on any atom is 0.0979 e. The molecule has 2 aliphatic heterocycles. The predicted molar refractivity (Wildman–Crippen MR) is 64.5 cm³/mol. The topological polar surface area (TPSA) is 21.7 Å². The Labute approximate surface area is 103 Å². The van der Waals surface area contributed by atoms with Crippen LogP contribution in [0.15, 0.2) is 0 Å². The molecule has 2 heterocycles. The van der Waals surface area contributed by atoms with Crippen LogP contribution in [0.2, 0.25) is 0 Å². The Morgan fingerprint density at radius 1 is 1.29 bits per heavy atom. The van der Waals surface area contributed by atoms with Crippen LogP contribution in [-0.4, -0.2) is 35.0 Å². The number of rotatable bonds is 1. The van der Waals surface area contributed by atoms with Crippen molar-refractivity contribution in [3.8, 4) is 0 Å². The Bertz CT molecular complexity index is 358. The Hall–Kier alpha value is -0.120. The average molecular weight is 237 g/mol. The highest BCUT2D eigenvalue weighted by molar-refractivity contribution is 5.28. The summed E-state index contributed by atoms with van der Waals surface area (Å²) >= 11 is 0. The Morgan fingerprint density at radius 2 is 2.06 bits per heavy atom. The van der Waals surface area contributed by atoms with Gasteiger partial charge < -0.3 is 4.74 Å². The van der Waals surface area contributed by atoms with Crippen LogP contribution in [0.4, 0.5) is 0 Å². The van der Waals surface area contributed by atoms with E-state index in [0.29, 0.717) is 17.6 Å². The van der Waals surface area contributed by atoms with Gasteiger partial charge in [-0.3, -0.25) is 4.84 Å². The third-order valence-corrected chi connectivity index (χ3v) is 5.09. The molecule has 4 aliphatic rings. The first-order valence-electron chi connectivity index (χ1n) is 7.07. The Kier molecular flexibility index (Phi) is 1.83. The van der Waals surface area contributed by atoms with Crippen LogP contribution in [-0.2, 0) is 9.57 Å². The summed E-state index contributed by atoms with van der Waals surface area (Å²) in [7, 11) is 0. The second kappa shape index (κ2) is 2.89. The van der Waals surface area contributed by atoms with Crippen LogP contribution < -0.4 is 0 Å². The molecule has 2 aliphatic carbocycles. The second-order valence-electron chi connectivity index (χ2n) is 7.51. The Morgan fingerprint density at radius 3 is 2.65 bits per heavy atom. The van der Waals surface area contributed by atoms with E-state index in [1.807, 2.05) is 0 Å². The zero-order valence-electron chi connectivity index (χ0n) is 11.2. The SMILES string of the molecule is CC(C)(C)O[C@H]1CCN2OC3(C[C@H]12)CC31CC1. The zero-order valence-corrected chi connectivity index (χ0v) is 11.2. The summed E-state index contributed by atoms with van der Waals surface area (Å²) in [5.74, 6) is 0. The van der Waals surface area contributed by atoms with Gasteiger partial charge in [0, 0.05) is 12.0 Å². The third kappa shape index (κ3) is 1.45. The normalized spacial score (nSPS) is 46.8. The minimum absolute atomic E-state index is 0.0305. The van der Waals surface area contributed by atoms with Crippen LogP contribution in [0.25, 0.3) is 0 Å². The van der Waals surface area contributed by atoms with Crippen molar-refractivity contribution in [1.29, 1.82) is 0 Å². The summed E-state index contributed by atoms with van der Waals surface area (Å²) < 4.78 is 6.20. The van der Waals surface area contributed by atoms with Gasteiger partial charge in [0.05, 0.1) is 23.3 Å². The number of nitrogens with zero attached hydrogens (tertiary/aromatic N) is 1. The van der Waals surface area contributed by atoms with Gasteiger partial charge in [-0.25, -0.2) is 0 Å². The van der Waals surface area contributed by atoms with Gasteiger partial charge in [-0.2, -0.15) is 5.06 Å². The van der Waals surface area contributed by atoms with E-state index in [0.717, 1.165) is 13.0 Å².